The Morgan fingerprint density at radius 2 is 1.64 bits per heavy atom. The van der Waals surface area contributed by atoms with Gasteiger partial charge in [0.2, 0.25) is 0 Å². The molecule has 0 bridgehead atoms. The minimum Gasteiger partial charge on any atom is -0.399 e. The van der Waals surface area contributed by atoms with E-state index in [9.17, 15) is 4.79 Å². The van der Waals surface area contributed by atoms with Gasteiger partial charge in [-0.15, -0.1) is 0 Å². The van der Waals surface area contributed by atoms with Gasteiger partial charge in [0.1, 0.15) is 13.5 Å². The molecule has 0 N–H and O–H groups in total. The normalized spacial score (nSPS) is 19.0. The maximum Gasteiger partial charge on any atom is 0.496 e. The average molecular weight is 349 g/mol. The molecular weight excluding hydrogens is 325 g/mol. The molecule has 1 saturated heterocycles. The molecule has 0 aliphatic carbocycles. The average Bonchev–Trinajstić information content (AvgIpc) is 2.92. The van der Waals surface area contributed by atoms with E-state index >= 15 is 0 Å². The van der Waals surface area contributed by atoms with Crippen molar-refractivity contribution in [2.45, 2.75) is 52.4 Å². The van der Waals surface area contributed by atoms with Gasteiger partial charge in [-0.25, -0.2) is 9.78 Å². The number of aromatic nitrogens is 3. The highest BCUT2D eigenvalue weighted by molar-refractivity contribution is 6.62. The van der Waals surface area contributed by atoms with Crippen molar-refractivity contribution in [2.75, 3.05) is 14.2 Å². The SMILES string of the molecule is COCn1c(=O)n(COC)c2ncc(B3OC(C)(C)C(C)(C)O3)cc21. The Bertz CT molecular complexity index is 826. The first-order valence-corrected chi connectivity index (χ1v) is 8.14. The zero-order valence-electron chi connectivity index (χ0n) is 15.5. The summed E-state index contributed by atoms with van der Waals surface area (Å²) in [5, 5.41) is 0. The molecule has 0 atom stereocenters. The molecule has 0 unspecified atom stereocenters. The molecule has 8 nitrogen and oxygen atoms in total. The van der Waals surface area contributed by atoms with E-state index in [0.717, 1.165) is 5.46 Å². The molecule has 25 heavy (non-hydrogen) atoms. The second-order valence-electron chi connectivity index (χ2n) is 7.17. The van der Waals surface area contributed by atoms with Crippen LogP contribution >= 0.6 is 0 Å². The number of imidazole rings is 1. The van der Waals surface area contributed by atoms with Gasteiger partial charge in [-0.2, -0.15) is 0 Å². The largest absolute Gasteiger partial charge is 0.496 e. The second-order valence-corrected chi connectivity index (χ2v) is 7.17. The Kier molecular flexibility index (Phi) is 4.53. The van der Waals surface area contributed by atoms with Crippen LogP contribution in [0.2, 0.25) is 0 Å². The zero-order chi connectivity index (χ0) is 18.4. The summed E-state index contributed by atoms with van der Waals surface area (Å²) in [6.45, 7) is 8.23. The Labute approximate surface area is 146 Å². The van der Waals surface area contributed by atoms with Crippen LogP contribution in [0.3, 0.4) is 0 Å². The van der Waals surface area contributed by atoms with Crippen molar-refractivity contribution < 1.29 is 18.8 Å². The summed E-state index contributed by atoms with van der Waals surface area (Å²) >= 11 is 0. The van der Waals surface area contributed by atoms with E-state index in [1.54, 1.807) is 6.20 Å². The van der Waals surface area contributed by atoms with Gasteiger partial charge >= 0.3 is 12.8 Å². The Balaban J connectivity index is 2.08. The van der Waals surface area contributed by atoms with Crippen molar-refractivity contribution in [3.8, 4) is 0 Å². The number of ether oxygens (including phenoxy) is 2. The molecule has 3 rings (SSSR count). The summed E-state index contributed by atoms with van der Waals surface area (Å²) in [6.07, 6.45) is 1.67. The molecular formula is C16H24BN3O5. The fourth-order valence-electron chi connectivity index (χ4n) is 2.81. The lowest BCUT2D eigenvalue weighted by Gasteiger charge is -2.32. The fourth-order valence-corrected chi connectivity index (χ4v) is 2.81. The lowest BCUT2D eigenvalue weighted by molar-refractivity contribution is 0.00578. The molecule has 2 aromatic rings. The topological polar surface area (TPSA) is 76.7 Å². The van der Waals surface area contributed by atoms with Crippen LogP contribution in [0, 0.1) is 0 Å². The van der Waals surface area contributed by atoms with E-state index in [4.69, 9.17) is 18.8 Å². The van der Waals surface area contributed by atoms with Gasteiger partial charge in [-0.1, -0.05) is 0 Å². The van der Waals surface area contributed by atoms with E-state index in [2.05, 4.69) is 4.98 Å². The summed E-state index contributed by atoms with van der Waals surface area (Å²) < 4.78 is 25.4. The summed E-state index contributed by atoms with van der Waals surface area (Å²) in [5.41, 5.74) is 0.810. The lowest BCUT2D eigenvalue weighted by atomic mass is 9.80. The maximum absolute atomic E-state index is 12.6. The second kappa shape index (κ2) is 6.24. The van der Waals surface area contributed by atoms with Crippen molar-refractivity contribution in [2.24, 2.45) is 0 Å². The van der Waals surface area contributed by atoms with E-state index < -0.39 is 18.3 Å². The Morgan fingerprint density at radius 3 is 2.20 bits per heavy atom. The molecule has 0 saturated carbocycles. The zero-order valence-corrected chi connectivity index (χ0v) is 15.5. The summed E-state index contributed by atoms with van der Waals surface area (Å²) in [6, 6.07) is 1.86. The first-order valence-electron chi connectivity index (χ1n) is 8.14. The maximum atomic E-state index is 12.6. The third-order valence-electron chi connectivity index (χ3n) is 4.92. The highest BCUT2D eigenvalue weighted by Crippen LogP contribution is 2.36. The molecule has 2 aromatic heterocycles. The Hall–Kier alpha value is -1.68. The number of nitrogens with zero attached hydrogens (tertiary/aromatic N) is 3. The predicted molar refractivity (Wildman–Crippen MR) is 93.7 cm³/mol. The summed E-state index contributed by atoms with van der Waals surface area (Å²) in [4.78, 5) is 17.0. The molecule has 9 heteroatoms. The molecule has 1 aliphatic rings. The van der Waals surface area contributed by atoms with Crippen molar-refractivity contribution >= 4 is 23.7 Å². The molecule has 0 spiro atoms. The first kappa shape index (κ1) is 18.1. The molecule has 0 amide bonds. The van der Waals surface area contributed by atoms with Crippen molar-refractivity contribution in [1.82, 2.24) is 14.1 Å². The monoisotopic (exact) mass is 349 g/mol. The molecule has 1 aliphatic heterocycles. The van der Waals surface area contributed by atoms with Crippen LogP contribution in [0.1, 0.15) is 27.7 Å². The van der Waals surface area contributed by atoms with Crippen molar-refractivity contribution in [3.05, 3.63) is 22.7 Å². The van der Waals surface area contributed by atoms with Gasteiger partial charge in [-0.05, 0) is 33.8 Å². The minimum absolute atomic E-state index is 0.120. The first-order chi connectivity index (χ1) is 11.7. The van der Waals surface area contributed by atoms with E-state index in [0.29, 0.717) is 11.2 Å². The number of hydrogen-bond donors (Lipinski definition) is 0. The highest BCUT2D eigenvalue weighted by atomic mass is 16.7. The number of fused-ring (bicyclic) bond motifs is 1. The van der Waals surface area contributed by atoms with Gasteiger partial charge < -0.3 is 18.8 Å². The number of methoxy groups -OCH3 is 2. The van der Waals surface area contributed by atoms with Crippen LogP contribution in [-0.4, -0.2) is 46.7 Å². The predicted octanol–water partition coefficient (Wildman–Crippen LogP) is 0.705. The molecule has 0 radical (unpaired) electrons. The third kappa shape index (κ3) is 2.91. The van der Waals surface area contributed by atoms with E-state index in [1.807, 2.05) is 33.8 Å². The highest BCUT2D eigenvalue weighted by Gasteiger charge is 2.51. The van der Waals surface area contributed by atoms with E-state index in [-0.39, 0.29) is 19.2 Å². The van der Waals surface area contributed by atoms with Gasteiger partial charge in [0, 0.05) is 25.9 Å². The van der Waals surface area contributed by atoms with Crippen molar-refractivity contribution in [3.63, 3.8) is 0 Å². The molecule has 1 fully saturated rings. The number of hydrogen-bond acceptors (Lipinski definition) is 6. The standard InChI is InChI=1S/C16H24BN3O5/c1-15(2)16(3,4)25-17(24-15)11-7-12-13(18-8-11)20(10-23-6)14(21)19(12)9-22-5/h7-8H,9-10H2,1-6H3. The fraction of sp³-hybridized carbons (Fsp3) is 0.625. The number of rotatable bonds is 5. The smallest absolute Gasteiger partial charge is 0.399 e. The molecule has 0 aromatic carbocycles. The third-order valence-corrected chi connectivity index (χ3v) is 4.92. The summed E-state index contributed by atoms with van der Waals surface area (Å²) in [5.74, 6) is 0. The van der Waals surface area contributed by atoms with Crippen LogP contribution in [0.25, 0.3) is 11.2 Å². The minimum atomic E-state index is -0.543. The van der Waals surface area contributed by atoms with Crippen molar-refractivity contribution in [1.29, 1.82) is 0 Å². The van der Waals surface area contributed by atoms with Crippen LogP contribution in [0.15, 0.2) is 17.1 Å². The molecule has 136 valence electrons. The van der Waals surface area contributed by atoms with E-state index in [1.165, 1.54) is 23.4 Å². The van der Waals surface area contributed by atoms with Gasteiger partial charge in [0.05, 0.1) is 16.7 Å². The number of pyridine rings is 1. The Morgan fingerprint density at radius 1 is 1.08 bits per heavy atom. The van der Waals surface area contributed by atoms with Gasteiger partial charge in [-0.3, -0.25) is 9.13 Å². The van der Waals surface area contributed by atoms with Gasteiger partial charge in [0.25, 0.3) is 0 Å². The van der Waals surface area contributed by atoms with Crippen LogP contribution in [0.4, 0.5) is 0 Å². The molecule has 3 heterocycles. The summed E-state index contributed by atoms with van der Waals surface area (Å²) in [7, 11) is 2.53. The van der Waals surface area contributed by atoms with Crippen LogP contribution < -0.4 is 11.2 Å². The van der Waals surface area contributed by atoms with Crippen LogP contribution in [0.5, 0.6) is 0 Å². The quantitative estimate of drug-likeness (QED) is 0.740. The van der Waals surface area contributed by atoms with Gasteiger partial charge in [0.15, 0.2) is 5.65 Å². The van der Waals surface area contributed by atoms with Crippen LogP contribution in [-0.2, 0) is 32.2 Å². The lowest BCUT2D eigenvalue weighted by Crippen LogP contribution is -2.41.